The Bertz CT molecular complexity index is 1290. The number of hydrogen-bond acceptors (Lipinski definition) is 6. The summed E-state index contributed by atoms with van der Waals surface area (Å²) in [6.07, 6.45) is 5.05. The van der Waals surface area contributed by atoms with Crippen molar-refractivity contribution in [3.63, 3.8) is 0 Å². The molecule has 3 aromatic rings. The first-order chi connectivity index (χ1) is 13.4. The molecule has 1 aliphatic heterocycles. The van der Waals surface area contributed by atoms with Gasteiger partial charge >= 0.3 is 0 Å². The number of sulfonamides is 1. The van der Waals surface area contributed by atoms with Gasteiger partial charge < -0.3 is 4.98 Å². The van der Waals surface area contributed by atoms with Crippen LogP contribution in [-0.2, 0) is 15.6 Å². The highest BCUT2D eigenvalue weighted by atomic mass is 32.2. The molecule has 0 bridgehead atoms. The molecule has 0 unspecified atom stereocenters. The second-order valence-electron chi connectivity index (χ2n) is 7.18. The zero-order valence-electron chi connectivity index (χ0n) is 15.0. The summed E-state index contributed by atoms with van der Waals surface area (Å²) >= 11 is 0. The normalized spacial score (nSPS) is 17.9. The van der Waals surface area contributed by atoms with E-state index in [1.807, 2.05) is 6.07 Å². The van der Waals surface area contributed by atoms with Gasteiger partial charge in [0.25, 0.3) is 0 Å². The van der Waals surface area contributed by atoms with Crippen molar-refractivity contribution in [3.8, 4) is 17.3 Å². The zero-order valence-corrected chi connectivity index (χ0v) is 15.8. The third-order valence-electron chi connectivity index (χ3n) is 5.63. The van der Waals surface area contributed by atoms with Crippen LogP contribution in [0.3, 0.4) is 0 Å². The van der Waals surface area contributed by atoms with Crippen molar-refractivity contribution in [1.29, 1.82) is 5.26 Å². The molecule has 0 atom stereocenters. The summed E-state index contributed by atoms with van der Waals surface area (Å²) in [6.45, 7) is 1.93. The van der Waals surface area contributed by atoms with Crippen molar-refractivity contribution in [2.24, 2.45) is 0 Å². The van der Waals surface area contributed by atoms with Crippen LogP contribution in [0.1, 0.15) is 29.3 Å². The molecule has 28 heavy (non-hydrogen) atoms. The van der Waals surface area contributed by atoms with E-state index in [2.05, 4.69) is 21.1 Å². The van der Waals surface area contributed by atoms with Crippen LogP contribution < -0.4 is 0 Å². The molecule has 3 aromatic heterocycles. The smallest absolute Gasteiger partial charge is 0.213 e. The number of carbonyl (C=O) groups is 1. The van der Waals surface area contributed by atoms with Gasteiger partial charge in [0.05, 0.1) is 29.4 Å². The van der Waals surface area contributed by atoms with Gasteiger partial charge in [-0.15, -0.1) is 0 Å². The fourth-order valence-corrected chi connectivity index (χ4v) is 5.27. The summed E-state index contributed by atoms with van der Waals surface area (Å²) in [5.41, 5.74) is 2.20. The van der Waals surface area contributed by atoms with Crippen LogP contribution in [0.15, 0.2) is 24.7 Å². The van der Waals surface area contributed by atoms with Gasteiger partial charge in [0.1, 0.15) is 16.9 Å². The lowest BCUT2D eigenvalue weighted by atomic mass is 9.89. The number of ketones is 1. The molecule has 1 saturated heterocycles. The average molecular weight is 396 g/mol. The lowest BCUT2D eigenvalue weighted by Crippen LogP contribution is -2.64. The summed E-state index contributed by atoms with van der Waals surface area (Å²) in [5.74, 6) is -0.147. The zero-order chi connectivity index (χ0) is 19.7. The second kappa shape index (κ2) is 5.50. The summed E-state index contributed by atoms with van der Waals surface area (Å²) in [6, 6.07) is 3.95. The fourth-order valence-electron chi connectivity index (χ4n) is 4.03. The van der Waals surface area contributed by atoms with Gasteiger partial charge in [-0.25, -0.2) is 13.4 Å². The van der Waals surface area contributed by atoms with Crippen LogP contribution in [0.4, 0.5) is 0 Å². The standard InChI is InChI=1S/C18H16N6O3S/c1-2-28(26,27)23-9-18(10-23,4-5-19)24-8-13-15(22-24)11-3-6-20-17-14(11)12(7-21-17)16(13)25/h3,6-8H,2,4,9-10H2,1H3,(H,20,21). The highest BCUT2D eigenvalue weighted by Gasteiger charge is 2.50. The first-order valence-corrected chi connectivity index (χ1v) is 10.5. The van der Waals surface area contributed by atoms with Crippen molar-refractivity contribution in [2.75, 3.05) is 18.8 Å². The molecule has 0 aromatic carbocycles. The number of nitriles is 1. The molecule has 10 heteroatoms. The van der Waals surface area contributed by atoms with Gasteiger partial charge in [0.15, 0.2) is 5.78 Å². The van der Waals surface area contributed by atoms with Gasteiger partial charge in [-0.05, 0) is 13.0 Å². The number of fused-ring (bicyclic) bond motifs is 2. The van der Waals surface area contributed by atoms with Gasteiger partial charge in [0, 0.05) is 42.6 Å². The highest BCUT2D eigenvalue weighted by molar-refractivity contribution is 7.89. The third kappa shape index (κ3) is 2.08. The molecule has 142 valence electrons. The fraction of sp³-hybridized carbons (Fsp3) is 0.333. The van der Waals surface area contributed by atoms with E-state index in [0.29, 0.717) is 22.5 Å². The van der Waals surface area contributed by atoms with Crippen molar-refractivity contribution >= 4 is 26.8 Å². The van der Waals surface area contributed by atoms with Crippen LogP contribution in [0.2, 0.25) is 0 Å². The van der Waals surface area contributed by atoms with Gasteiger partial charge in [-0.2, -0.15) is 14.7 Å². The molecule has 0 spiro atoms. The van der Waals surface area contributed by atoms with Crippen LogP contribution in [0.25, 0.3) is 22.3 Å². The van der Waals surface area contributed by atoms with Crippen LogP contribution in [0.5, 0.6) is 0 Å². The van der Waals surface area contributed by atoms with E-state index >= 15 is 0 Å². The minimum Gasteiger partial charge on any atom is -0.345 e. The predicted octanol–water partition coefficient (Wildman–Crippen LogP) is 1.25. The number of H-pyrrole nitrogens is 1. The van der Waals surface area contributed by atoms with Crippen LogP contribution in [0, 0.1) is 11.3 Å². The Morgan fingerprint density at radius 3 is 2.82 bits per heavy atom. The molecule has 5 rings (SSSR count). The molecule has 9 nitrogen and oxygen atoms in total. The molecule has 1 N–H and O–H groups in total. The first kappa shape index (κ1) is 17.1. The summed E-state index contributed by atoms with van der Waals surface area (Å²) < 4.78 is 27.3. The van der Waals surface area contributed by atoms with Crippen LogP contribution >= 0.6 is 0 Å². The van der Waals surface area contributed by atoms with E-state index in [1.165, 1.54) is 4.31 Å². The first-order valence-electron chi connectivity index (χ1n) is 8.86. The molecular weight excluding hydrogens is 380 g/mol. The Morgan fingerprint density at radius 1 is 1.32 bits per heavy atom. The third-order valence-corrected chi connectivity index (χ3v) is 7.40. The maximum absolute atomic E-state index is 13.0. The quantitative estimate of drug-likeness (QED) is 0.553. The van der Waals surface area contributed by atoms with E-state index in [9.17, 15) is 18.5 Å². The highest BCUT2D eigenvalue weighted by Crippen LogP contribution is 2.41. The molecule has 0 amide bonds. The number of hydrogen-bond donors (Lipinski definition) is 1. The molecule has 2 aliphatic rings. The Labute approximate surface area is 160 Å². The molecule has 1 aliphatic carbocycles. The van der Waals surface area contributed by atoms with E-state index in [4.69, 9.17) is 0 Å². The summed E-state index contributed by atoms with van der Waals surface area (Å²) in [4.78, 5) is 20.2. The SMILES string of the molecule is CCS(=O)(=O)N1CC(CC#N)(n2cc3c(n2)-c2ccnc4[nH]cc(c24)C3=O)C1. The number of carbonyl (C=O) groups excluding carboxylic acids is 1. The summed E-state index contributed by atoms with van der Waals surface area (Å²) in [7, 11) is -3.34. The Hall–Kier alpha value is -3.03. The van der Waals surface area contributed by atoms with E-state index < -0.39 is 15.6 Å². The van der Waals surface area contributed by atoms with Crippen LogP contribution in [-0.4, -0.2) is 57.1 Å². The van der Waals surface area contributed by atoms with Gasteiger partial charge in [-0.3, -0.25) is 9.48 Å². The molecular formula is C18H16N6O3S. The number of nitrogens with zero attached hydrogens (tertiary/aromatic N) is 5. The number of pyridine rings is 1. The molecule has 1 fully saturated rings. The molecule has 0 radical (unpaired) electrons. The van der Waals surface area contributed by atoms with E-state index in [1.54, 1.807) is 30.2 Å². The van der Waals surface area contributed by atoms with E-state index in [-0.39, 0.29) is 31.0 Å². The predicted molar refractivity (Wildman–Crippen MR) is 100.0 cm³/mol. The van der Waals surface area contributed by atoms with Gasteiger partial charge in [0.2, 0.25) is 10.0 Å². The average Bonchev–Trinajstić information content (AvgIpc) is 3.28. The van der Waals surface area contributed by atoms with E-state index in [0.717, 1.165) is 10.9 Å². The monoisotopic (exact) mass is 396 g/mol. The maximum atomic E-state index is 13.0. The van der Waals surface area contributed by atoms with Crippen molar-refractivity contribution in [3.05, 3.63) is 35.8 Å². The maximum Gasteiger partial charge on any atom is 0.213 e. The second-order valence-corrected chi connectivity index (χ2v) is 9.43. The lowest BCUT2D eigenvalue weighted by Gasteiger charge is -2.47. The van der Waals surface area contributed by atoms with Crippen molar-refractivity contribution in [2.45, 2.75) is 18.9 Å². The number of aromatic nitrogens is 4. The minimum atomic E-state index is -3.34. The molecule has 4 heterocycles. The Balaban J connectivity index is 1.62. The number of aromatic amines is 1. The lowest BCUT2D eigenvalue weighted by molar-refractivity contribution is 0.0719. The summed E-state index contributed by atoms with van der Waals surface area (Å²) in [5, 5.41) is 14.7. The van der Waals surface area contributed by atoms with Crippen molar-refractivity contribution in [1.82, 2.24) is 24.1 Å². The van der Waals surface area contributed by atoms with Gasteiger partial charge in [-0.1, -0.05) is 0 Å². The largest absolute Gasteiger partial charge is 0.345 e. The molecule has 0 saturated carbocycles. The van der Waals surface area contributed by atoms with Crippen molar-refractivity contribution < 1.29 is 13.2 Å². The number of rotatable bonds is 4. The minimum absolute atomic E-state index is 0.00797. The number of nitrogens with one attached hydrogen (secondary N) is 1. The Kier molecular flexibility index (Phi) is 3.36. The Morgan fingerprint density at radius 2 is 2.11 bits per heavy atom. The topological polar surface area (TPSA) is 125 Å².